The van der Waals surface area contributed by atoms with Gasteiger partial charge in [0.05, 0.1) is 6.33 Å². The molecule has 1 amide bonds. The number of benzene rings is 1. The van der Waals surface area contributed by atoms with Crippen molar-refractivity contribution in [1.29, 1.82) is 0 Å². The minimum absolute atomic E-state index is 0.111. The van der Waals surface area contributed by atoms with Crippen LogP contribution in [0.5, 0.6) is 0 Å². The van der Waals surface area contributed by atoms with Crippen molar-refractivity contribution in [2.45, 2.75) is 20.4 Å². The van der Waals surface area contributed by atoms with Crippen LogP contribution in [0.25, 0.3) is 11.2 Å². The number of fused-ring (bicyclic) bond motifs is 1. The number of carbonyl (C=O) groups is 1. The summed E-state index contributed by atoms with van der Waals surface area (Å²) in [5.41, 5.74) is 9.70. The number of nitrogens with one attached hydrogen (secondary N) is 1. The first-order valence-corrected chi connectivity index (χ1v) is 6.83. The van der Waals surface area contributed by atoms with E-state index in [2.05, 4.69) is 20.3 Å². The monoisotopic (exact) mass is 296 g/mol. The summed E-state index contributed by atoms with van der Waals surface area (Å²) in [6.07, 6.45) is 2.90. The summed E-state index contributed by atoms with van der Waals surface area (Å²) < 4.78 is 1.65. The molecule has 7 heteroatoms. The first-order chi connectivity index (χ1) is 10.5. The fourth-order valence-electron chi connectivity index (χ4n) is 2.23. The largest absolute Gasteiger partial charge is 0.382 e. The molecule has 0 unspecified atom stereocenters. The van der Waals surface area contributed by atoms with Crippen LogP contribution >= 0.6 is 0 Å². The van der Waals surface area contributed by atoms with E-state index < -0.39 is 0 Å². The van der Waals surface area contributed by atoms with E-state index in [0.717, 1.165) is 16.8 Å². The average Bonchev–Trinajstić information content (AvgIpc) is 2.87. The number of hydrogen-bond acceptors (Lipinski definition) is 5. The number of aromatic nitrogens is 4. The zero-order valence-corrected chi connectivity index (χ0v) is 12.4. The molecule has 112 valence electrons. The molecule has 0 atom stereocenters. The molecule has 0 saturated heterocycles. The maximum absolute atomic E-state index is 12.2. The lowest BCUT2D eigenvalue weighted by Gasteiger charge is -2.10. The van der Waals surface area contributed by atoms with Crippen molar-refractivity contribution in [3.8, 4) is 0 Å². The van der Waals surface area contributed by atoms with Crippen LogP contribution in [0.3, 0.4) is 0 Å². The highest BCUT2D eigenvalue weighted by molar-refractivity contribution is 5.92. The summed E-state index contributed by atoms with van der Waals surface area (Å²) in [5, 5.41) is 2.91. The summed E-state index contributed by atoms with van der Waals surface area (Å²) in [6, 6.07) is 5.93. The van der Waals surface area contributed by atoms with E-state index >= 15 is 0 Å². The van der Waals surface area contributed by atoms with Crippen molar-refractivity contribution >= 4 is 28.6 Å². The second-order valence-corrected chi connectivity index (χ2v) is 5.17. The van der Waals surface area contributed by atoms with Crippen molar-refractivity contribution in [2.75, 3.05) is 11.1 Å². The number of nitrogens with two attached hydrogens (primary N) is 1. The summed E-state index contributed by atoms with van der Waals surface area (Å²) in [7, 11) is 0. The molecule has 0 bridgehead atoms. The standard InChI is InChI=1S/C15H16N6O/c1-9-3-4-10(2)11(5-9)20-12(22)6-21-8-19-13-14(16)17-7-18-15(13)21/h3-5,7-8H,6H2,1-2H3,(H,20,22)(H2,16,17,18). The Bertz CT molecular complexity index is 854. The molecule has 3 rings (SSSR count). The molecule has 0 radical (unpaired) electrons. The highest BCUT2D eigenvalue weighted by atomic mass is 16.1. The lowest BCUT2D eigenvalue weighted by atomic mass is 10.1. The van der Waals surface area contributed by atoms with Gasteiger partial charge < -0.3 is 15.6 Å². The molecule has 0 spiro atoms. The van der Waals surface area contributed by atoms with Gasteiger partial charge in [-0.3, -0.25) is 4.79 Å². The lowest BCUT2D eigenvalue weighted by molar-refractivity contribution is -0.116. The van der Waals surface area contributed by atoms with Crippen LogP contribution in [0.4, 0.5) is 11.5 Å². The maximum Gasteiger partial charge on any atom is 0.244 e. The van der Waals surface area contributed by atoms with Gasteiger partial charge in [0, 0.05) is 5.69 Å². The molecule has 0 aliphatic heterocycles. The van der Waals surface area contributed by atoms with Gasteiger partial charge in [-0.15, -0.1) is 0 Å². The van der Waals surface area contributed by atoms with Crippen LogP contribution in [-0.4, -0.2) is 25.4 Å². The third-order valence-electron chi connectivity index (χ3n) is 3.41. The topological polar surface area (TPSA) is 98.7 Å². The van der Waals surface area contributed by atoms with Crippen molar-refractivity contribution < 1.29 is 4.79 Å². The van der Waals surface area contributed by atoms with Gasteiger partial charge in [-0.2, -0.15) is 0 Å². The molecule has 0 aliphatic rings. The fraction of sp³-hybridized carbons (Fsp3) is 0.200. The number of anilines is 2. The molecular formula is C15H16N6O. The smallest absolute Gasteiger partial charge is 0.244 e. The normalized spacial score (nSPS) is 10.8. The van der Waals surface area contributed by atoms with Gasteiger partial charge in [-0.25, -0.2) is 15.0 Å². The Balaban J connectivity index is 1.81. The van der Waals surface area contributed by atoms with Gasteiger partial charge >= 0.3 is 0 Å². The van der Waals surface area contributed by atoms with E-state index in [1.54, 1.807) is 10.9 Å². The molecule has 0 saturated carbocycles. The van der Waals surface area contributed by atoms with Crippen molar-refractivity contribution in [2.24, 2.45) is 0 Å². The van der Waals surface area contributed by atoms with Crippen LogP contribution in [0.15, 0.2) is 30.9 Å². The van der Waals surface area contributed by atoms with Crippen LogP contribution in [-0.2, 0) is 11.3 Å². The third-order valence-corrected chi connectivity index (χ3v) is 3.41. The molecule has 2 aromatic heterocycles. The van der Waals surface area contributed by atoms with Gasteiger partial charge in [-0.1, -0.05) is 12.1 Å². The maximum atomic E-state index is 12.2. The highest BCUT2D eigenvalue weighted by Crippen LogP contribution is 2.17. The van der Waals surface area contributed by atoms with Crippen molar-refractivity contribution in [3.05, 3.63) is 42.0 Å². The Kier molecular flexibility index (Phi) is 3.46. The fourth-order valence-corrected chi connectivity index (χ4v) is 2.23. The van der Waals surface area contributed by atoms with E-state index in [4.69, 9.17) is 5.73 Å². The lowest BCUT2D eigenvalue weighted by Crippen LogP contribution is -2.19. The second kappa shape index (κ2) is 5.44. The SMILES string of the molecule is Cc1ccc(C)c(NC(=O)Cn2cnc3c(N)ncnc32)c1. The number of nitrogen functional groups attached to an aromatic ring is 1. The molecule has 7 nitrogen and oxygen atoms in total. The number of aryl methyl sites for hydroxylation is 2. The Morgan fingerprint density at radius 2 is 2.09 bits per heavy atom. The first kappa shape index (κ1) is 14.0. The Morgan fingerprint density at radius 1 is 1.27 bits per heavy atom. The number of amides is 1. The highest BCUT2D eigenvalue weighted by Gasteiger charge is 2.11. The van der Waals surface area contributed by atoms with E-state index in [1.165, 1.54) is 6.33 Å². The predicted octanol–water partition coefficient (Wildman–Crippen LogP) is 1.66. The number of rotatable bonds is 3. The number of imidazole rings is 1. The van der Waals surface area contributed by atoms with Gasteiger partial charge in [0.15, 0.2) is 11.5 Å². The van der Waals surface area contributed by atoms with Gasteiger partial charge in [0.25, 0.3) is 0 Å². The van der Waals surface area contributed by atoms with Crippen molar-refractivity contribution in [3.63, 3.8) is 0 Å². The van der Waals surface area contributed by atoms with Crippen LogP contribution in [0.1, 0.15) is 11.1 Å². The molecule has 2 heterocycles. The van der Waals surface area contributed by atoms with E-state index in [1.807, 2.05) is 32.0 Å². The zero-order chi connectivity index (χ0) is 15.7. The minimum Gasteiger partial charge on any atom is -0.382 e. The average molecular weight is 296 g/mol. The zero-order valence-electron chi connectivity index (χ0n) is 12.4. The quantitative estimate of drug-likeness (QED) is 0.766. The molecule has 3 N–H and O–H groups in total. The number of nitrogens with zero attached hydrogens (tertiary/aromatic N) is 4. The molecular weight excluding hydrogens is 280 g/mol. The first-order valence-electron chi connectivity index (χ1n) is 6.83. The van der Waals surface area contributed by atoms with Gasteiger partial charge in [-0.05, 0) is 31.0 Å². The van der Waals surface area contributed by atoms with Gasteiger partial charge in [0.1, 0.15) is 18.4 Å². The number of hydrogen-bond donors (Lipinski definition) is 2. The molecule has 0 aliphatic carbocycles. The third kappa shape index (κ3) is 2.60. The summed E-state index contributed by atoms with van der Waals surface area (Å²) >= 11 is 0. The Hall–Kier alpha value is -2.96. The van der Waals surface area contributed by atoms with Crippen LogP contribution in [0.2, 0.25) is 0 Å². The second-order valence-electron chi connectivity index (χ2n) is 5.17. The minimum atomic E-state index is -0.148. The summed E-state index contributed by atoms with van der Waals surface area (Å²) in [4.78, 5) is 24.4. The van der Waals surface area contributed by atoms with E-state index in [9.17, 15) is 4.79 Å². The Labute approximate surface area is 127 Å². The number of carbonyl (C=O) groups excluding carboxylic acids is 1. The molecule has 1 aromatic carbocycles. The van der Waals surface area contributed by atoms with Gasteiger partial charge in [0.2, 0.25) is 5.91 Å². The molecule has 22 heavy (non-hydrogen) atoms. The van der Waals surface area contributed by atoms with Crippen LogP contribution < -0.4 is 11.1 Å². The summed E-state index contributed by atoms with van der Waals surface area (Å²) in [5.74, 6) is 0.156. The predicted molar refractivity (Wildman–Crippen MR) is 84.3 cm³/mol. The Morgan fingerprint density at radius 3 is 2.91 bits per heavy atom. The van der Waals surface area contributed by atoms with Crippen LogP contribution in [0, 0.1) is 13.8 Å². The van der Waals surface area contributed by atoms with Crippen molar-refractivity contribution in [1.82, 2.24) is 19.5 Å². The summed E-state index contributed by atoms with van der Waals surface area (Å²) in [6.45, 7) is 4.05. The van der Waals surface area contributed by atoms with E-state index in [0.29, 0.717) is 17.0 Å². The van der Waals surface area contributed by atoms with E-state index in [-0.39, 0.29) is 12.5 Å². The molecule has 0 fully saturated rings. The molecule has 3 aromatic rings.